The van der Waals surface area contributed by atoms with Crippen molar-refractivity contribution in [3.05, 3.63) is 65.4 Å². The standard InChI is InChI=1S/C24H25NO5/c1-3-17-6-4-7-20-21(14-25-24(17)20)22(27)15-30-23(28)8-5-13-29-19-11-9-18(10-12-19)16(2)26/h4,6-7,9-12,14,25H,3,5,8,13,15H2,1-2H3. The third-order valence-electron chi connectivity index (χ3n) is 4.90. The Kier molecular flexibility index (Phi) is 7.01. The second-order valence-electron chi connectivity index (χ2n) is 7.01. The van der Waals surface area contributed by atoms with Crippen LogP contribution in [0.15, 0.2) is 48.7 Å². The number of benzene rings is 2. The van der Waals surface area contributed by atoms with Gasteiger partial charge in [0.2, 0.25) is 5.78 Å². The van der Waals surface area contributed by atoms with Gasteiger partial charge in [-0.3, -0.25) is 14.4 Å². The van der Waals surface area contributed by atoms with E-state index in [0.29, 0.717) is 29.9 Å². The lowest BCUT2D eigenvalue weighted by Crippen LogP contribution is -2.14. The van der Waals surface area contributed by atoms with E-state index < -0.39 is 5.97 Å². The Hall–Kier alpha value is -3.41. The summed E-state index contributed by atoms with van der Waals surface area (Å²) in [4.78, 5) is 38.8. The van der Waals surface area contributed by atoms with Gasteiger partial charge in [0.05, 0.1) is 6.61 Å². The number of aryl methyl sites for hydroxylation is 1. The molecule has 0 aliphatic heterocycles. The SMILES string of the molecule is CCc1cccc2c(C(=O)COC(=O)CCCOc3ccc(C(C)=O)cc3)c[nH]c12. The Morgan fingerprint density at radius 1 is 1.03 bits per heavy atom. The first-order valence-corrected chi connectivity index (χ1v) is 10.0. The molecule has 0 aliphatic rings. The van der Waals surface area contributed by atoms with Crippen molar-refractivity contribution >= 4 is 28.4 Å². The summed E-state index contributed by atoms with van der Waals surface area (Å²) in [7, 11) is 0. The number of ketones is 2. The van der Waals surface area contributed by atoms with Gasteiger partial charge < -0.3 is 14.5 Å². The van der Waals surface area contributed by atoms with Gasteiger partial charge in [-0.15, -0.1) is 0 Å². The van der Waals surface area contributed by atoms with E-state index in [-0.39, 0.29) is 24.6 Å². The van der Waals surface area contributed by atoms with Gasteiger partial charge in [0.1, 0.15) is 5.75 Å². The van der Waals surface area contributed by atoms with Gasteiger partial charge in [0.15, 0.2) is 12.4 Å². The van der Waals surface area contributed by atoms with Crippen molar-refractivity contribution in [3.63, 3.8) is 0 Å². The summed E-state index contributed by atoms with van der Waals surface area (Å²) >= 11 is 0. The van der Waals surface area contributed by atoms with E-state index >= 15 is 0 Å². The monoisotopic (exact) mass is 407 g/mol. The van der Waals surface area contributed by atoms with E-state index in [1.807, 2.05) is 18.2 Å². The Morgan fingerprint density at radius 2 is 1.80 bits per heavy atom. The summed E-state index contributed by atoms with van der Waals surface area (Å²) in [6, 6.07) is 12.7. The van der Waals surface area contributed by atoms with E-state index in [0.717, 1.165) is 22.9 Å². The van der Waals surface area contributed by atoms with Crippen LogP contribution >= 0.6 is 0 Å². The van der Waals surface area contributed by atoms with E-state index in [9.17, 15) is 14.4 Å². The number of esters is 1. The maximum Gasteiger partial charge on any atom is 0.306 e. The molecule has 3 aromatic rings. The van der Waals surface area contributed by atoms with Crippen LogP contribution in [0.5, 0.6) is 5.75 Å². The molecule has 0 spiro atoms. The van der Waals surface area contributed by atoms with Crippen LogP contribution in [0.3, 0.4) is 0 Å². The largest absolute Gasteiger partial charge is 0.494 e. The van der Waals surface area contributed by atoms with Gasteiger partial charge >= 0.3 is 5.97 Å². The minimum absolute atomic E-state index is 0.00252. The Morgan fingerprint density at radius 3 is 2.50 bits per heavy atom. The maximum atomic E-state index is 12.5. The van der Waals surface area contributed by atoms with Gasteiger partial charge in [-0.2, -0.15) is 0 Å². The fourth-order valence-corrected chi connectivity index (χ4v) is 3.23. The molecular weight excluding hydrogens is 382 g/mol. The van der Waals surface area contributed by atoms with Crippen molar-refractivity contribution in [2.45, 2.75) is 33.1 Å². The van der Waals surface area contributed by atoms with Gasteiger partial charge in [0.25, 0.3) is 0 Å². The number of carbonyl (C=O) groups is 3. The highest BCUT2D eigenvalue weighted by atomic mass is 16.5. The molecule has 6 heteroatoms. The predicted octanol–water partition coefficient (Wildman–Crippen LogP) is 4.52. The molecule has 1 heterocycles. The summed E-state index contributed by atoms with van der Waals surface area (Å²) in [5, 5.41) is 0.847. The number of Topliss-reactive ketones (excluding diaryl/α,β-unsaturated/α-hetero) is 2. The molecule has 0 unspecified atom stereocenters. The molecule has 0 bridgehead atoms. The topological polar surface area (TPSA) is 85.5 Å². The van der Waals surface area contributed by atoms with Gasteiger partial charge in [-0.25, -0.2) is 0 Å². The summed E-state index contributed by atoms with van der Waals surface area (Å²) in [5.74, 6) is -0.0377. The number of hydrogen-bond donors (Lipinski definition) is 1. The minimum atomic E-state index is -0.437. The lowest BCUT2D eigenvalue weighted by atomic mass is 10.1. The number of ether oxygens (including phenoxy) is 2. The first-order valence-electron chi connectivity index (χ1n) is 10.0. The molecule has 0 atom stereocenters. The van der Waals surface area contributed by atoms with Gasteiger partial charge in [-0.1, -0.05) is 25.1 Å². The highest BCUT2D eigenvalue weighted by molar-refractivity contribution is 6.09. The van der Waals surface area contributed by atoms with Crippen LogP contribution in [0.4, 0.5) is 0 Å². The summed E-state index contributed by atoms with van der Waals surface area (Å²) in [5.41, 5.74) is 3.24. The Balaban J connectivity index is 1.42. The van der Waals surface area contributed by atoms with Crippen LogP contribution < -0.4 is 4.74 Å². The van der Waals surface area contributed by atoms with Crippen molar-refractivity contribution in [1.29, 1.82) is 0 Å². The molecule has 156 valence electrons. The second-order valence-corrected chi connectivity index (χ2v) is 7.01. The second kappa shape index (κ2) is 9.87. The number of rotatable bonds is 10. The molecule has 0 fully saturated rings. The van der Waals surface area contributed by atoms with Crippen LogP contribution in [0.1, 0.15) is 53.0 Å². The fraction of sp³-hybridized carbons (Fsp3) is 0.292. The fourth-order valence-electron chi connectivity index (χ4n) is 3.23. The van der Waals surface area contributed by atoms with Crippen molar-refractivity contribution in [1.82, 2.24) is 4.98 Å². The highest BCUT2D eigenvalue weighted by Crippen LogP contribution is 2.22. The third kappa shape index (κ3) is 5.14. The van der Waals surface area contributed by atoms with Crippen molar-refractivity contribution in [3.8, 4) is 5.75 Å². The van der Waals surface area contributed by atoms with Crippen LogP contribution in [0, 0.1) is 0 Å². The van der Waals surface area contributed by atoms with Crippen molar-refractivity contribution in [2.24, 2.45) is 0 Å². The Bertz CT molecular complexity index is 1050. The quantitative estimate of drug-likeness (QED) is 0.303. The lowest BCUT2D eigenvalue weighted by Gasteiger charge is -2.07. The molecule has 0 aliphatic carbocycles. The number of carbonyl (C=O) groups excluding carboxylic acids is 3. The van der Waals surface area contributed by atoms with Crippen molar-refractivity contribution < 1.29 is 23.9 Å². The average Bonchev–Trinajstić information content (AvgIpc) is 3.19. The lowest BCUT2D eigenvalue weighted by molar-refractivity contribution is -0.142. The number of nitrogens with one attached hydrogen (secondary N) is 1. The van der Waals surface area contributed by atoms with Crippen LogP contribution in [0.25, 0.3) is 10.9 Å². The highest BCUT2D eigenvalue weighted by Gasteiger charge is 2.15. The first kappa shape index (κ1) is 21.3. The van der Waals surface area contributed by atoms with E-state index in [4.69, 9.17) is 9.47 Å². The molecule has 6 nitrogen and oxygen atoms in total. The predicted molar refractivity (Wildman–Crippen MR) is 114 cm³/mol. The number of aromatic nitrogens is 1. The summed E-state index contributed by atoms with van der Waals surface area (Å²) in [6.07, 6.45) is 3.16. The van der Waals surface area contributed by atoms with Crippen molar-refractivity contribution in [2.75, 3.05) is 13.2 Å². The molecule has 0 saturated heterocycles. The molecule has 0 radical (unpaired) electrons. The van der Waals surface area contributed by atoms with E-state index in [2.05, 4.69) is 11.9 Å². The zero-order chi connectivity index (χ0) is 21.5. The number of H-pyrrole nitrogens is 1. The molecule has 1 N–H and O–H groups in total. The molecule has 30 heavy (non-hydrogen) atoms. The zero-order valence-electron chi connectivity index (χ0n) is 17.2. The van der Waals surface area contributed by atoms with Crippen LogP contribution in [-0.4, -0.2) is 35.7 Å². The van der Waals surface area contributed by atoms with E-state index in [1.54, 1.807) is 30.5 Å². The number of fused-ring (bicyclic) bond motifs is 1. The smallest absolute Gasteiger partial charge is 0.306 e. The normalized spacial score (nSPS) is 10.7. The number of para-hydroxylation sites is 1. The van der Waals surface area contributed by atoms with Gasteiger partial charge in [-0.05, 0) is 49.6 Å². The number of hydrogen-bond acceptors (Lipinski definition) is 5. The molecule has 0 saturated carbocycles. The molecule has 2 aromatic carbocycles. The molecule has 0 amide bonds. The average molecular weight is 407 g/mol. The van der Waals surface area contributed by atoms with Crippen LogP contribution in [0.2, 0.25) is 0 Å². The molecule has 3 rings (SSSR count). The summed E-state index contributed by atoms with van der Waals surface area (Å²) < 4.78 is 10.7. The Labute approximate surface area is 175 Å². The van der Waals surface area contributed by atoms with Gasteiger partial charge in [0, 0.05) is 34.6 Å². The maximum absolute atomic E-state index is 12.5. The number of aromatic amines is 1. The summed E-state index contributed by atoms with van der Waals surface area (Å²) in [6.45, 7) is 3.62. The first-order chi connectivity index (χ1) is 14.5. The zero-order valence-corrected chi connectivity index (χ0v) is 17.2. The molecule has 1 aromatic heterocycles. The third-order valence-corrected chi connectivity index (χ3v) is 4.90. The minimum Gasteiger partial charge on any atom is -0.494 e. The van der Waals surface area contributed by atoms with Crippen LogP contribution in [-0.2, 0) is 16.0 Å². The molecular formula is C24H25NO5. The van der Waals surface area contributed by atoms with E-state index in [1.165, 1.54) is 6.92 Å².